The van der Waals surface area contributed by atoms with E-state index < -0.39 is 0 Å². The highest BCUT2D eigenvalue weighted by molar-refractivity contribution is 5.90. The number of aromatic nitrogens is 4. The van der Waals surface area contributed by atoms with Crippen LogP contribution in [-0.2, 0) is 17.8 Å². The summed E-state index contributed by atoms with van der Waals surface area (Å²) in [6.07, 6.45) is 2.89. The quantitative estimate of drug-likeness (QED) is 0.474. The van der Waals surface area contributed by atoms with Crippen LogP contribution in [0.15, 0.2) is 29.5 Å². The maximum Gasteiger partial charge on any atom is 0.227 e. The first kappa shape index (κ1) is 19.4. The van der Waals surface area contributed by atoms with Gasteiger partial charge in [-0.2, -0.15) is 0 Å². The molecule has 9 nitrogen and oxygen atoms in total. The monoisotopic (exact) mass is 358 g/mol. The minimum atomic E-state index is -0.0943. The van der Waals surface area contributed by atoms with Crippen LogP contribution in [0.5, 0.6) is 0 Å². The normalized spacial score (nSPS) is 11.3. The standard InChI is InChI=1S/C17H26N8O/c1-4-15-24-21-12-25(15)11-10-20-17(18-3)19-9-8-16(26)23-14-7-5-6-13(2)22-14/h5-7,12H,4,8-11H2,1-3H3,(H2,18,19,20)(H,22,23,26). The van der Waals surface area contributed by atoms with Crippen molar-refractivity contribution < 1.29 is 4.79 Å². The Morgan fingerprint density at radius 1 is 1.27 bits per heavy atom. The van der Waals surface area contributed by atoms with Crippen molar-refractivity contribution in [3.63, 3.8) is 0 Å². The average molecular weight is 358 g/mol. The summed E-state index contributed by atoms with van der Waals surface area (Å²) in [6.45, 7) is 5.84. The van der Waals surface area contributed by atoms with Gasteiger partial charge < -0.3 is 20.5 Å². The van der Waals surface area contributed by atoms with E-state index in [1.165, 1.54) is 0 Å². The smallest absolute Gasteiger partial charge is 0.227 e. The molecule has 0 saturated heterocycles. The number of pyridine rings is 1. The predicted molar refractivity (Wildman–Crippen MR) is 101 cm³/mol. The topological polar surface area (TPSA) is 109 Å². The van der Waals surface area contributed by atoms with Crippen LogP contribution in [0.25, 0.3) is 0 Å². The highest BCUT2D eigenvalue weighted by Crippen LogP contribution is 2.03. The molecule has 0 aliphatic heterocycles. The number of aliphatic imine (C=N–C) groups is 1. The van der Waals surface area contributed by atoms with Crippen LogP contribution in [0, 0.1) is 6.92 Å². The lowest BCUT2D eigenvalue weighted by Gasteiger charge is -2.12. The van der Waals surface area contributed by atoms with Gasteiger partial charge in [0.1, 0.15) is 18.0 Å². The second kappa shape index (κ2) is 10.1. The first-order valence-electron chi connectivity index (χ1n) is 8.67. The lowest BCUT2D eigenvalue weighted by molar-refractivity contribution is -0.116. The molecule has 9 heteroatoms. The highest BCUT2D eigenvalue weighted by atomic mass is 16.1. The van der Waals surface area contributed by atoms with Gasteiger partial charge in [0.2, 0.25) is 5.91 Å². The van der Waals surface area contributed by atoms with Crippen LogP contribution < -0.4 is 16.0 Å². The van der Waals surface area contributed by atoms with Crippen LogP contribution in [-0.4, -0.2) is 51.8 Å². The van der Waals surface area contributed by atoms with E-state index in [0.717, 1.165) is 24.5 Å². The zero-order chi connectivity index (χ0) is 18.8. The van der Waals surface area contributed by atoms with Gasteiger partial charge in [-0.1, -0.05) is 13.0 Å². The van der Waals surface area contributed by atoms with Gasteiger partial charge in [-0.3, -0.25) is 9.79 Å². The summed E-state index contributed by atoms with van der Waals surface area (Å²) in [6, 6.07) is 5.52. The fraction of sp³-hybridized carbons (Fsp3) is 0.471. The minimum Gasteiger partial charge on any atom is -0.356 e. The Kier molecular flexibility index (Phi) is 7.53. The van der Waals surface area contributed by atoms with Crippen molar-refractivity contribution in [1.82, 2.24) is 30.4 Å². The van der Waals surface area contributed by atoms with E-state index in [1.54, 1.807) is 19.4 Å². The lowest BCUT2D eigenvalue weighted by Crippen LogP contribution is -2.40. The second-order valence-corrected chi connectivity index (χ2v) is 5.68. The molecule has 0 atom stereocenters. The number of carbonyl (C=O) groups excluding carboxylic acids is 1. The SMILES string of the molecule is CCc1nncn1CCNC(=NC)NCCC(=O)Nc1cccc(C)n1. The number of anilines is 1. The molecular weight excluding hydrogens is 332 g/mol. The number of guanidine groups is 1. The van der Waals surface area contributed by atoms with Crippen molar-refractivity contribution in [1.29, 1.82) is 0 Å². The fourth-order valence-corrected chi connectivity index (χ4v) is 2.37. The second-order valence-electron chi connectivity index (χ2n) is 5.68. The molecule has 0 aliphatic carbocycles. The van der Waals surface area contributed by atoms with E-state index in [1.807, 2.05) is 30.5 Å². The van der Waals surface area contributed by atoms with Gasteiger partial charge >= 0.3 is 0 Å². The Balaban J connectivity index is 1.67. The zero-order valence-corrected chi connectivity index (χ0v) is 15.5. The van der Waals surface area contributed by atoms with E-state index in [2.05, 4.69) is 36.1 Å². The number of carbonyl (C=O) groups is 1. The van der Waals surface area contributed by atoms with Crippen molar-refractivity contribution in [3.05, 3.63) is 36.0 Å². The summed E-state index contributed by atoms with van der Waals surface area (Å²) < 4.78 is 2.00. The molecule has 0 fully saturated rings. The summed E-state index contributed by atoms with van der Waals surface area (Å²) in [5.74, 6) is 2.08. The maximum atomic E-state index is 12.0. The predicted octanol–water partition coefficient (Wildman–Crippen LogP) is 0.738. The van der Waals surface area contributed by atoms with Gasteiger partial charge in [-0.05, 0) is 19.1 Å². The van der Waals surface area contributed by atoms with Crippen LogP contribution in [0.4, 0.5) is 5.82 Å². The van der Waals surface area contributed by atoms with E-state index in [9.17, 15) is 4.79 Å². The maximum absolute atomic E-state index is 12.0. The number of hydrogen-bond acceptors (Lipinski definition) is 5. The molecule has 0 bridgehead atoms. The number of rotatable bonds is 8. The Hall–Kier alpha value is -2.97. The van der Waals surface area contributed by atoms with Crippen LogP contribution >= 0.6 is 0 Å². The van der Waals surface area contributed by atoms with Crippen LogP contribution in [0.3, 0.4) is 0 Å². The van der Waals surface area contributed by atoms with Crippen LogP contribution in [0.1, 0.15) is 24.9 Å². The van der Waals surface area contributed by atoms with Gasteiger partial charge in [0.05, 0.1) is 0 Å². The molecule has 0 unspecified atom stereocenters. The highest BCUT2D eigenvalue weighted by Gasteiger charge is 2.05. The molecule has 0 spiro atoms. The molecular formula is C17H26N8O. The summed E-state index contributed by atoms with van der Waals surface area (Å²) >= 11 is 0. The first-order valence-corrected chi connectivity index (χ1v) is 8.67. The number of nitrogens with zero attached hydrogens (tertiary/aromatic N) is 5. The van der Waals surface area contributed by atoms with Gasteiger partial charge in [-0.25, -0.2) is 4.98 Å². The third-order valence-corrected chi connectivity index (χ3v) is 3.68. The molecule has 0 aliphatic rings. The Morgan fingerprint density at radius 2 is 2.08 bits per heavy atom. The number of hydrogen-bond donors (Lipinski definition) is 3. The molecule has 2 heterocycles. The Bertz CT molecular complexity index is 740. The molecule has 3 N–H and O–H groups in total. The van der Waals surface area contributed by atoms with Crippen molar-refractivity contribution in [2.24, 2.45) is 4.99 Å². The van der Waals surface area contributed by atoms with Crippen molar-refractivity contribution in [2.75, 3.05) is 25.5 Å². The number of amides is 1. The summed E-state index contributed by atoms with van der Waals surface area (Å²) in [5, 5.41) is 17.1. The van der Waals surface area contributed by atoms with Gasteiger partial charge in [0.15, 0.2) is 5.96 Å². The van der Waals surface area contributed by atoms with Gasteiger partial charge in [0, 0.05) is 45.2 Å². The Morgan fingerprint density at radius 3 is 2.81 bits per heavy atom. The zero-order valence-electron chi connectivity index (χ0n) is 15.5. The number of nitrogens with one attached hydrogen (secondary N) is 3. The Labute approximate surface area is 153 Å². The summed E-state index contributed by atoms with van der Waals surface area (Å²) in [5.41, 5.74) is 0.866. The molecule has 26 heavy (non-hydrogen) atoms. The van der Waals surface area contributed by atoms with E-state index in [4.69, 9.17) is 0 Å². The lowest BCUT2D eigenvalue weighted by atomic mass is 10.3. The van der Waals surface area contributed by atoms with Gasteiger partial charge in [0.25, 0.3) is 0 Å². The summed E-state index contributed by atoms with van der Waals surface area (Å²) in [4.78, 5) is 20.4. The van der Waals surface area contributed by atoms with E-state index in [0.29, 0.717) is 31.3 Å². The molecule has 1 amide bonds. The van der Waals surface area contributed by atoms with Crippen LogP contribution in [0.2, 0.25) is 0 Å². The first-order chi connectivity index (χ1) is 12.6. The largest absolute Gasteiger partial charge is 0.356 e. The van der Waals surface area contributed by atoms with Crippen molar-refractivity contribution in [3.8, 4) is 0 Å². The molecule has 2 aromatic rings. The summed E-state index contributed by atoms with van der Waals surface area (Å²) in [7, 11) is 1.70. The van der Waals surface area contributed by atoms with Crippen molar-refractivity contribution in [2.45, 2.75) is 33.2 Å². The number of aryl methyl sites for hydroxylation is 2. The fourth-order valence-electron chi connectivity index (χ4n) is 2.37. The third kappa shape index (κ3) is 6.15. The van der Waals surface area contributed by atoms with Gasteiger partial charge in [-0.15, -0.1) is 10.2 Å². The third-order valence-electron chi connectivity index (χ3n) is 3.68. The molecule has 2 aromatic heterocycles. The molecule has 2 rings (SSSR count). The minimum absolute atomic E-state index is 0.0943. The molecule has 140 valence electrons. The van der Waals surface area contributed by atoms with Crippen molar-refractivity contribution >= 4 is 17.7 Å². The van der Waals surface area contributed by atoms with E-state index in [-0.39, 0.29) is 5.91 Å². The average Bonchev–Trinajstić information content (AvgIpc) is 3.08. The molecule has 0 aromatic carbocycles. The molecule has 0 radical (unpaired) electrons. The molecule has 0 saturated carbocycles. The van der Waals surface area contributed by atoms with E-state index >= 15 is 0 Å².